The number of hydrogen-bond donors (Lipinski definition) is 1. The van der Waals surface area contributed by atoms with Gasteiger partial charge in [-0.1, -0.05) is 39.8 Å². The average Bonchev–Trinajstić information content (AvgIpc) is 3.06. The predicted molar refractivity (Wildman–Crippen MR) is 135 cm³/mol. The van der Waals surface area contributed by atoms with E-state index >= 15 is 4.39 Å². The van der Waals surface area contributed by atoms with E-state index in [1.54, 1.807) is 6.07 Å². The number of carbonyl (C=O) groups is 1. The molecule has 35 heavy (non-hydrogen) atoms. The van der Waals surface area contributed by atoms with Gasteiger partial charge in [0.1, 0.15) is 17.7 Å². The first-order valence-corrected chi connectivity index (χ1v) is 12.9. The highest BCUT2D eigenvalue weighted by Crippen LogP contribution is 2.47. The highest BCUT2D eigenvalue weighted by atomic mass is 19.1. The third-order valence-corrected chi connectivity index (χ3v) is 7.81. The van der Waals surface area contributed by atoms with E-state index < -0.39 is 6.09 Å². The second kappa shape index (κ2) is 9.45. The molecule has 1 amide bonds. The molecule has 1 N–H and O–H groups in total. The van der Waals surface area contributed by atoms with Crippen LogP contribution in [0.15, 0.2) is 36.4 Å². The summed E-state index contributed by atoms with van der Waals surface area (Å²) in [5.41, 5.74) is 3.01. The minimum atomic E-state index is -0.394. The van der Waals surface area contributed by atoms with Gasteiger partial charge in [-0.15, -0.1) is 0 Å². The van der Waals surface area contributed by atoms with Crippen molar-refractivity contribution in [2.45, 2.75) is 59.1 Å². The lowest BCUT2D eigenvalue weighted by Gasteiger charge is -2.44. The first-order valence-electron chi connectivity index (χ1n) is 12.9. The van der Waals surface area contributed by atoms with Gasteiger partial charge in [0.2, 0.25) is 0 Å². The summed E-state index contributed by atoms with van der Waals surface area (Å²) in [6.45, 7) is 12.1. The van der Waals surface area contributed by atoms with Crippen molar-refractivity contribution in [3.63, 3.8) is 0 Å². The SMILES string of the molecule is CC(C)COc1cccc(-c2cc3c(cc2F)C(NC(=O)O[C@H]2CN4CCC2CC4)C(C)(C)C3)c1. The van der Waals surface area contributed by atoms with Crippen LogP contribution in [0, 0.1) is 23.1 Å². The van der Waals surface area contributed by atoms with Crippen LogP contribution in [-0.4, -0.2) is 43.3 Å². The maximum atomic E-state index is 15.4. The van der Waals surface area contributed by atoms with Gasteiger partial charge in [0.15, 0.2) is 0 Å². The van der Waals surface area contributed by atoms with Gasteiger partial charge in [-0.3, -0.25) is 4.90 Å². The van der Waals surface area contributed by atoms with E-state index in [-0.39, 0.29) is 23.4 Å². The Morgan fingerprint density at radius 2 is 1.97 bits per heavy atom. The molecule has 1 aliphatic carbocycles. The van der Waals surface area contributed by atoms with Crippen LogP contribution in [0.3, 0.4) is 0 Å². The maximum absolute atomic E-state index is 15.4. The molecule has 4 aliphatic rings. The summed E-state index contributed by atoms with van der Waals surface area (Å²) in [5.74, 6) is 1.32. The first kappa shape index (κ1) is 24.1. The number of piperidine rings is 3. The molecule has 188 valence electrons. The topological polar surface area (TPSA) is 50.8 Å². The van der Waals surface area contributed by atoms with Gasteiger partial charge in [-0.05, 0) is 90.6 Å². The second-order valence-corrected chi connectivity index (χ2v) is 11.6. The van der Waals surface area contributed by atoms with Crippen molar-refractivity contribution in [3.8, 4) is 16.9 Å². The normalized spacial score (nSPS) is 26.5. The molecular formula is C29H37FN2O3. The number of nitrogens with zero attached hydrogens (tertiary/aromatic N) is 1. The number of amides is 1. The molecule has 6 rings (SSSR count). The van der Waals surface area contributed by atoms with Crippen LogP contribution < -0.4 is 10.1 Å². The molecule has 1 unspecified atom stereocenters. The number of ether oxygens (including phenoxy) is 2. The fraction of sp³-hybridized carbons (Fsp3) is 0.552. The van der Waals surface area contributed by atoms with Gasteiger partial charge < -0.3 is 14.8 Å². The zero-order valence-electron chi connectivity index (χ0n) is 21.3. The van der Waals surface area contributed by atoms with Gasteiger partial charge in [0.25, 0.3) is 0 Å². The Morgan fingerprint density at radius 3 is 2.66 bits per heavy atom. The molecule has 6 heteroatoms. The Bertz CT molecular complexity index is 1090. The number of rotatable bonds is 6. The van der Waals surface area contributed by atoms with Crippen molar-refractivity contribution in [2.75, 3.05) is 26.2 Å². The van der Waals surface area contributed by atoms with Crippen molar-refractivity contribution in [3.05, 3.63) is 53.3 Å². The summed E-state index contributed by atoms with van der Waals surface area (Å²) in [6, 6.07) is 10.9. The molecule has 0 saturated carbocycles. The summed E-state index contributed by atoms with van der Waals surface area (Å²) in [6.07, 6.45) is 2.49. The molecule has 5 nitrogen and oxygen atoms in total. The standard InChI is InChI=1S/C29H37FN2O3/c1-18(2)17-34-22-7-5-6-20(12-22)23-13-21-15-29(3,4)27(24(21)14-25(23)30)31-28(33)35-26-16-32-10-8-19(26)9-11-32/h5-7,12-14,18-19,26-27H,8-11,15-17H2,1-4H3,(H,31,33)/t26-,27?/m0/s1. The maximum Gasteiger partial charge on any atom is 0.407 e. The van der Waals surface area contributed by atoms with Gasteiger partial charge in [-0.25, -0.2) is 9.18 Å². The molecule has 2 atom stereocenters. The third kappa shape index (κ3) is 5.04. The highest BCUT2D eigenvalue weighted by molar-refractivity contribution is 5.71. The van der Waals surface area contributed by atoms with Crippen molar-refractivity contribution in [1.29, 1.82) is 0 Å². The smallest absolute Gasteiger partial charge is 0.407 e. The Balaban J connectivity index is 1.34. The molecule has 0 radical (unpaired) electrons. The number of benzene rings is 2. The molecule has 2 bridgehead atoms. The van der Waals surface area contributed by atoms with E-state index in [1.807, 2.05) is 30.3 Å². The van der Waals surface area contributed by atoms with Crippen molar-refractivity contribution in [1.82, 2.24) is 10.2 Å². The van der Waals surface area contributed by atoms with E-state index in [1.165, 1.54) is 0 Å². The number of alkyl carbamates (subject to hydrolysis) is 1. The second-order valence-electron chi connectivity index (χ2n) is 11.6. The van der Waals surface area contributed by atoms with Gasteiger partial charge in [0, 0.05) is 12.1 Å². The number of halogens is 1. The number of fused-ring (bicyclic) bond motifs is 4. The fourth-order valence-electron chi connectivity index (χ4n) is 5.91. The molecule has 2 aromatic rings. The van der Waals surface area contributed by atoms with E-state index in [0.717, 1.165) is 61.3 Å². The molecule has 0 spiro atoms. The minimum Gasteiger partial charge on any atom is -0.493 e. The van der Waals surface area contributed by atoms with Crippen LogP contribution in [0.4, 0.5) is 9.18 Å². The van der Waals surface area contributed by atoms with Crippen LogP contribution in [0.5, 0.6) is 5.75 Å². The zero-order valence-corrected chi connectivity index (χ0v) is 21.3. The number of hydrogen-bond acceptors (Lipinski definition) is 4. The van der Waals surface area contributed by atoms with E-state index in [2.05, 4.69) is 37.9 Å². The Kier molecular flexibility index (Phi) is 6.51. The van der Waals surface area contributed by atoms with Crippen molar-refractivity contribution in [2.24, 2.45) is 17.3 Å². The largest absolute Gasteiger partial charge is 0.493 e. The lowest BCUT2D eigenvalue weighted by Crippen LogP contribution is -2.53. The molecule has 3 fully saturated rings. The molecule has 3 heterocycles. The lowest BCUT2D eigenvalue weighted by molar-refractivity contribution is -0.0349. The lowest BCUT2D eigenvalue weighted by atomic mass is 9.85. The third-order valence-electron chi connectivity index (χ3n) is 7.81. The summed E-state index contributed by atoms with van der Waals surface area (Å²) >= 11 is 0. The van der Waals surface area contributed by atoms with Gasteiger partial charge in [-0.2, -0.15) is 0 Å². The number of carbonyl (C=O) groups excluding carboxylic acids is 1. The van der Waals surface area contributed by atoms with E-state index in [0.29, 0.717) is 24.0 Å². The summed E-state index contributed by atoms with van der Waals surface area (Å²) in [7, 11) is 0. The molecule has 2 aromatic carbocycles. The van der Waals surface area contributed by atoms with Gasteiger partial charge >= 0.3 is 6.09 Å². The van der Waals surface area contributed by atoms with E-state index in [9.17, 15) is 4.79 Å². The monoisotopic (exact) mass is 480 g/mol. The summed E-state index contributed by atoms with van der Waals surface area (Å²) < 4.78 is 27.1. The predicted octanol–water partition coefficient (Wildman–Crippen LogP) is 5.97. The molecule has 3 aliphatic heterocycles. The number of nitrogens with one attached hydrogen (secondary N) is 1. The van der Waals surface area contributed by atoms with Crippen molar-refractivity contribution < 1.29 is 18.7 Å². The van der Waals surface area contributed by atoms with Crippen LogP contribution in [0.1, 0.15) is 57.7 Å². The summed E-state index contributed by atoms with van der Waals surface area (Å²) in [4.78, 5) is 15.3. The highest BCUT2D eigenvalue weighted by Gasteiger charge is 2.42. The van der Waals surface area contributed by atoms with Crippen LogP contribution in [-0.2, 0) is 11.2 Å². The average molecular weight is 481 g/mol. The zero-order chi connectivity index (χ0) is 24.7. The Morgan fingerprint density at radius 1 is 1.20 bits per heavy atom. The van der Waals surface area contributed by atoms with Crippen LogP contribution in [0.25, 0.3) is 11.1 Å². The summed E-state index contributed by atoms with van der Waals surface area (Å²) in [5, 5.41) is 3.09. The fourth-order valence-corrected chi connectivity index (χ4v) is 5.91. The van der Waals surface area contributed by atoms with Crippen LogP contribution >= 0.6 is 0 Å². The van der Waals surface area contributed by atoms with Crippen molar-refractivity contribution >= 4 is 6.09 Å². The Hall–Kier alpha value is -2.60. The van der Waals surface area contributed by atoms with Gasteiger partial charge in [0.05, 0.1) is 12.6 Å². The molecule has 0 aromatic heterocycles. The van der Waals surface area contributed by atoms with E-state index in [4.69, 9.17) is 9.47 Å². The molecule has 3 saturated heterocycles. The minimum absolute atomic E-state index is 0.0502. The quantitative estimate of drug-likeness (QED) is 0.553. The molecular weight excluding hydrogens is 443 g/mol. The van der Waals surface area contributed by atoms with Crippen LogP contribution in [0.2, 0.25) is 0 Å². The first-order chi connectivity index (χ1) is 16.7. The Labute approximate surface area is 208 Å².